The van der Waals surface area contributed by atoms with Crippen LogP contribution in [0.5, 0.6) is 0 Å². The minimum absolute atomic E-state index is 0.505. The molecule has 2 aromatic rings. The molecule has 0 fully saturated rings. The molecule has 0 radical (unpaired) electrons. The molecule has 126 valence electrons. The number of rotatable bonds is 1. The first-order valence-electron chi connectivity index (χ1n) is 6.97. The van der Waals surface area contributed by atoms with Gasteiger partial charge in [0.15, 0.2) is 0 Å². The molecule has 0 amide bonds. The summed E-state index contributed by atoms with van der Waals surface area (Å²) in [5, 5.41) is 0. The Labute approximate surface area is 152 Å². The van der Waals surface area contributed by atoms with E-state index in [-0.39, 0.29) is 0 Å². The van der Waals surface area contributed by atoms with Crippen molar-refractivity contribution in [3.63, 3.8) is 0 Å². The van der Waals surface area contributed by atoms with Gasteiger partial charge in [0, 0.05) is 11.9 Å². The average molecular weight is 393 g/mol. The molecule has 0 N–H and O–H groups in total. The topological polar surface area (TPSA) is 3.24 Å². The van der Waals surface area contributed by atoms with Crippen molar-refractivity contribution >= 4 is 46.6 Å². The second-order valence-electron chi connectivity index (χ2n) is 5.34. The summed E-state index contributed by atoms with van der Waals surface area (Å²) < 4.78 is 36.5. The number of alkyl halides is 6. The molecule has 7 heteroatoms. The van der Waals surface area contributed by atoms with E-state index in [1.807, 2.05) is 30.3 Å². The van der Waals surface area contributed by atoms with Crippen molar-refractivity contribution in [2.24, 2.45) is 0 Å². The molecule has 1 unspecified atom stereocenters. The van der Waals surface area contributed by atoms with Crippen LogP contribution in [-0.4, -0.2) is 3.79 Å². The van der Waals surface area contributed by atoms with Crippen molar-refractivity contribution in [3.05, 3.63) is 71.4 Å². The third-order valence-electron chi connectivity index (χ3n) is 3.79. The summed E-state index contributed by atoms with van der Waals surface area (Å²) in [7, 11) is 0. The largest absolute Gasteiger partial charge is 0.416 e. The minimum atomic E-state index is -4.39. The van der Waals surface area contributed by atoms with Gasteiger partial charge in [-0.25, -0.2) is 0 Å². The van der Waals surface area contributed by atoms with E-state index in [9.17, 15) is 13.2 Å². The van der Waals surface area contributed by atoms with E-state index in [4.69, 9.17) is 34.8 Å². The fourth-order valence-corrected chi connectivity index (χ4v) is 3.37. The monoisotopic (exact) mass is 391 g/mol. The normalized spacial score (nSPS) is 17.8. The predicted octanol–water partition coefficient (Wildman–Crippen LogP) is 6.61. The first-order valence-corrected chi connectivity index (χ1v) is 8.11. The van der Waals surface area contributed by atoms with E-state index in [2.05, 4.69) is 0 Å². The van der Waals surface area contributed by atoms with Crippen LogP contribution in [0.25, 0.3) is 6.08 Å². The summed E-state index contributed by atoms with van der Waals surface area (Å²) >= 11 is 18.5. The zero-order chi connectivity index (χ0) is 17.5. The van der Waals surface area contributed by atoms with E-state index in [0.717, 1.165) is 23.3 Å². The van der Waals surface area contributed by atoms with Crippen LogP contribution in [-0.2, 0) is 6.18 Å². The van der Waals surface area contributed by atoms with Crippen molar-refractivity contribution in [1.29, 1.82) is 0 Å². The van der Waals surface area contributed by atoms with Crippen LogP contribution in [0.1, 0.15) is 22.7 Å². The molecule has 0 aliphatic carbocycles. The van der Waals surface area contributed by atoms with Gasteiger partial charge in [-0.1, -0.05) is 59.1 Å². The molecule has 0 bridgehead atoms. The fraction of sp³-hybridized carbons (Fsp3) is 0.176. The molecule has 0 spiro atoms. The first kappa shape index (κ1) is 17.5. The molecular weight excluding hydrogens is 382 g/mol. The molecule has 2 aromatic carbocycles. The highest BCUT2D eigenvalue weighted by Crippen LogP contribution is 2.48. The lowest BCUT2D eigenvalue weighted by Crippen LogP contribution is -2.35. The lowest BCUT2D eigenvalue weighted by molar-refractivity contribution is -0.137. The second-order valence-corrected chi connectivity index (χ2v) is 7.71. The molecule has 3 rings (SSSR count). The summed E-state index contributed by atoms with van der Waals surface area (Å²) in [6.45, 7) is 0. The van der Waals surface area contributed by atoms with Gasteiger partial charge in [0.2, 0.25) is 3.79 Å². The van der Waals surface area contributed by atoms with Crippen LogP contribution in [0.2, 0.25) is 0 Å². The molecule has 0 aromatic heterocycles. The molecule has 0 saturated heterocycles. The summed E-state index contributed by atoms with van der Waals surface area (Å²) in [6, 6.07) is 11.5. The Morgan fingerprint density at radius 2 is 1.50 bits per heavy atom. The van der Waals surface area contributed by atoms with E-state index in [0.29, 0.717) is 5.69 Å². The molecular formula is C17H11Cl3F3N. The molecule has 1 heterocycles. The summed E-state index contributed by atoms with van der Waals surface area (Å²) in [6.07, 6.45) is -0.852. The van der Waals surface area contributed by atoms with Gasteiger partial charge < -0.3 is 4.90 Å². The van der Waals surface area contributed by atoms with Gasteiger partial charge in [0.05, 0.1) is 5.56 Å². The zero-order valence-electron chi connectivity index (χ0n) is 12.1. The predicted molar refractivity (Wildman–Crippen MR) is 92.4 cm³/mol. The van der Waals surface area contributed by atoms with Gasteiger partial charge >= 0.3 is 6.18 Å². The number of hydrogen-bond acceptors (Lipinski definition) is 1. The first-order chi connectivity index (χ1) is 11.2. The van der Waals surface area contributed by atoms with Crippen molar-refractivity contribution in [3.8, 4) is 0 Å². The Hall–Kier alpha value is -1.36. The van der Waals surface area contributed by atoms with E-state index in [1.54, 1.807) is 11.1 Å². The van der Waals surface area contributed by atoms with Crippen molar-refractivity contribution in [1.82, 2.24) is 0 Å². The van der Waals surface area contributed by atoms with Gasteiger partial charge in [-0.3, -0.25) is 0 Å². The molecule has 1 aliphatic rings. The Kier molecular flexibility index (Phi) is 4.49. The van der Waals surface area contributed by atoms with Gasteiger partial charge in [0.25, 0.3) is 0 Å². The van der Waals surface area contributed by atoms with E-state index in [1.165, 1.54) is 12.1 Å². The zero-order valence-corrected chi connectivity index (χ0v) is 14.3. The molecule has 1 aliphatic heterocycles. The van der Waals surface area contributed by atoms with Gasteiger partial charge in [0.1, 0.15) is 6.04 Å². The fourth-order valence-electron chi connectivity index (χ4n) is 2.70. The van der Waals surface area contributed by atoms with Crippen LogP contribution in [0.4, 0.5) is 18.9 Å². The third-order valence-corrected chi connectivity index (χ3v) is 4.41. The lowest BCUT2D eigenvalue weighted by Gasteiger charge is -2.38. The highest BCUT2D eigenvalue weighted by molar-refractivity contribution is 6.68. The maximum absolute atomic E-state index is 12.7. The van der Waals surface area contributed by atoms with Crippen LogP contribution in [0, 0.1) is 0 Å². The molecule has 1 nitrogen and oxygen atoms in total. The van der Waals surface area contributed by atoms with Gasteiger partial charge in [-0.05, 0) is 41.5 Å². The van der Waals surface area contributed by atoms with Crippen molar-refractivity contribution in [2.75, 3.05) is 4.90 Å². The number of anilines is 1. The van der Waals surface area contributed by atoms with Gasteiger partial charge in [-0.15, -0.1) is 0 Å². The molecule has 1 atom stereocenters. The smallest absolute Gasteiger partial charge is 0.336 e. The highest BCUT2D eigenvalue weighted by Gasteiger charge is 2.40. The minimum Gasteiger partial charge on any atom is -0.336 e. The maximum atomic E-state index is 12.7. The number of nitrogens with zero attached hydrogens (tertiary/aromatic N) is 1. The number of halogens is 6. The average Bonchev–Trinajstić information content (AvgIpc) is 2.52. The van der Waals surface area contributed by atoms with Crippen LogP contribution in [0.3, 0.4) is 0 Å². The summed E-state index contributed by atoms with van der Waals surface area (Å²) in [5.41, 5.74) is 1.47. The molecule has 24 heavy (non-hydrogen) atoms. The summed E-state index contributed by atoms with van der Waals surface area (Å²) in [5.74, 6) is 0. The number of hydrogen-bond donors (Lipinski definition) is 0. The number of benzene rings is 2. The maximum Gasteiger partial charge on any atom is 0.416 e. The van der Waals surface area contributed by atoms with Crippen LogP contribution in [0.15, 0.2) is 54.7 Å². The second kappa shape index (κ2) is 6.17. The lowest BCUT2D eigenvalue weighted by atomic mass is 9.96. The van der Waals surface area contributed by atoms with Gasteiger partial charge in [-0.2, -0.15) is 13.2 Å². The van der Waals surface area contributed by atoms with Crippen LogP contribution >= 0.6 is 34.8 Å². The quantitative estimate of drug-likeness (QED) is 0.494. The van der Waals surface area contributed by atoms with Crippen molar-refractivity contribution < 1.29 is 13.2 Å². The number of fused-ring (bicyclic) bond motifs is 1. The Morgan fingerprint density at radius 3 is 2.08 bits per heavy atom. The molecule has 0 saturated carbocycles. The Balaban J connectivity index is 2.04. The van der Waals surface area contributed by atoms with E-state index >= 15 is 0 Å². The Bertz CT molecular complexity index is 764. The summed E-state index contributed by atoms with van der Waals surface area (Å²) in [4.78, 5) is 1.66. The third kappa shape index (κ3) is 3.37. The van der Waals surface area contributed by atoms with Crippen LogP contribution < -0.4 is 4.90 Å². The SMILES string of the molecule is FC(F)(F)c1ccc(N2C=Cc3ccccc3C2C(Cl)(Cl)Cl)cc1. The Morgan fingerprint density at radius 1 is 0.875 bits per heavy atom. The van der Waals surface area contributed by atoms with Crippen molar-refractivity contribution in [2.45, 2.75) is 16.0 Å². The van der Waals surface area contributed by atoms with E-state index < -0.39 is 21.6 Å². The highest BCUT2D eigenvalue weighted by atomic mass is 35.6. The standard InChI is InChI=1S/C17H11Cl3F3N/c18-16(19,20)15-14-4-2-1-3-11(14)9-10-24(15)13-7-5-12(6-8-13)17(21,22)23/h1-10,15H.